The van der Waals surface area contributed by atoms with Crippen LogP contribution in [0.4, 0.5) is 0 Å². The Morgan fingerprint density at radius 3 is 2.69 bits per heavy atom. The fourth-order valence-electron chi connectivity index (χ4n) is 2.50. The van der Waals surface area contributed by atoms with Gasteiger partial charge in [-0.25, -0.2) is 0 Å². The van der Waals surface area contributed by atoms with E-state index in [0.29, 0.717) is 0 Å². The van der Waals surface area contributed by atoms with Crippen LogP contribution < -0.4 is 5.32 Å². The molecule has 2 rings (SSSR count). The van der Waals surface area contributed by atoms with Crippen molar-refractivity contribution in [3.63, 3.8) is 0 Å². The van der Waals surface area contributed by atoms with Crippen molar-refractivity contribution in [2.45, 2.75) is 51.2 Å². The van der Waals surface area contributed by atoms with Gasteiger partial charge in [0, 0.05) is 12.6 Å². The number of rotatable bonds is 6. The Labute approximate surface area is 99.2 Å². The molecule has 0 aromatic rings. The van der Waals surface area contributed by atoms with E-state index in [2.05, 4.69) is 10.2 Å². The van der Waals surface area contributed by atoms with Crippen LogP contribution in [-0.4, -0.2) is 47.8 Å². The van der Waals surface area contributed by atoms with Crippen LogP contribution in [0.2, 0.25) is 0 Å². The molecule has 2 fully saturated rings. The first kappa shape index (κ1) is 12.3. The van der Waals surface area contributed by atoms with E-state index in [1.165, 1.54) is 32.4 Å². The van der Waals surface area contributed by atoms with E-state index in [0.717, 1.165) is 31.5 Å². The van der Waals surface area contributed by atoms with Gasteiger partial charge in [-0.15, -0.1) is 0 Å². The molecule has 0 amide bonds. The van der Waals surface area contributed by atoms with Gasteiger partial charge in [-0.3, -0.25) is 0 Å². The summed E-state index contributed by atoms with van der Waals surface area (Å²) in [4.78, 5) is 2.66. The van der Waals surface area contributed by atoms with Gasteiger partial charge in [-0.1, -0.05) is 0 Å². The van der Waals surface area contributed by atoms with Gasteiger partial charge < -0.3 is 15.3 Å². The fraction of sp³-hybridized carbons (Fsp3) is 1.00. The minimum absolute atomic E-state index is 0.525. The Kier molecular flexibility index (Phi) is 3.88. The van der Waals surface area contributed by atoms with E-state index in [9.17, 15) is 5.11 Å². The van der Waals surface area contributed by atoms with Crippen molar-refractivity contribution >= 4 is 0 Å². The third kappa shape index (κ3) is 4.04. The van der Waals surface area contributed by atoms with E-state index in [1.807, 2.05) is 13.8 Å². The quantitative estimate of drug-likeness (QED) is 0.669. The third-order valence-corrected chi connectivity index (χ3v) is 3.73. The minimum atomic E-state index is -0.525. The van der Waals surface area contributed by atoms with Gasteiger partial charge in [0.1, 0.15) is 0 Å². The number of hydrogen-bond donors (Lipinski definition) is 2. The molecule has 1 heterocycles. The normalized spacial score (nSPS) is 27.6. The minimum Gasteiger partial charge on any atom is -0.390 e. The predicted molar refractivity (Wildman–Crippen MR) is 66.5 cm³/mol. The molecule has 0 aromatic heterocycles. The zero-order valence-electron chi connectivity index (χ0n) is 10.7. The van der Waals surface area contributed by atoms with Gasteiger partial charge in [0.25, 0.3) is 0 Å². The molecule has 1 saturated carbocycles. The van der Waals surface area contributed by atoms with Crippen LogP contribution in [0.1, 0.15) is 39.5 Å². The van der Waals surface area contributed by atoms with E-state index in [4.69, 9.17) is 0 Å². The van der Waals surface area contributed by atoms with Gasteiger partial charge >= 0.3 is 0 Å². The van der Waals surface area contributed by atoms with E-state index in [1.54, 1.807) is 0 Å². The van der Waals surface area contributed by atoms with Gasteiger partial charge in [-0.2, -0.15) is 0 Å². The average Bonchev–Trinajstić information content (AvgIpc) is 2.93. The second kappa shape index (κ2) is 5.03. The molecule has 1 aliphatic heterocycles. The van der Waals surface area contributed by atoms with E-state index >= 15 is 0 Å². The van der Waals surface area contributed by atoms with Crippen molar-refractivity contribution in [1.29, 1.82) is 0 Å². The molecule has 1 unspecified atom stereocenters. The summed E-state index contributed by atoms with van der Waals surface area (Å²) in [5.41, 5.74) is -0.525. The molecule has 0 bridgehead atoms. The summed E-state index contributed by atoms with van der Waals surface area (Å²) in [7, 11) is 0. The SMILES string of the molecule is CC(C)(O)CCNCC1CCN(C2CC2)C1. The molecule has 0 radical (unpaired) electrons. The molecule has 94 valence electrons. The van der Waals surface area contributed by atoms with Crippen LogP contribution >= 0.6 is 0 Å². The summed E-state index contributed by atoms with van der Waals surface area (Å²) in [6.45, 7) is 8.41. The maximum atomic E-state index is 9.58. The Morgan fingerprint density at radius 2 is 2.06 bits per heavy atom. The summed E-state index contributed by atoms with van der Waals surface area (Å²) in [5, 5.41) is 13.1. The summed E-state index contributed by atoms with van der Waals surface area (Å²) < 4.78 is 0. The fourth-order valence-corrected chi connectivity index (χ4v) is 2.50. The van der Waals surface area contributed by atoms with Crippen molar-refractivity contribution in [2.75, 3.05) is 26.2 Å². The molecular formula is C13H26N2O. The Morgan fingerprint density at radius 1 is 1.31 bits per heavy atom. The summed E-state index contributed by atoms with van der Waals surface area (Å²) in [6.07, 6.45) is 5.05. The predicted octanol–water partition coefficient (Wildman–Crippen LogP) is 1.22. The molecule has 1 saturated heterocycles. The van der Waals surface area contributed by atoms with Crippen molar-refractivity contribution in [1.82, 2.24) is 10.2 Å². The molecule has 1 atom stereocenters. The standard InChI is InChI=1S/C13H26N2O/c1-13(2,16)6-7-14-9-11-5-8-15(10-11)12-3-4-12/h11-12,14,16H,3-10H2,1-2H3. The maximum absolute atomic E-state index is 9.58. The topological polar surface area (TPSA) is 35.5 Å². The third-order valence-electron chi connectivity index (χ3n) is 3.73. The molecule has 3 nitrogen and oxygen atoms in total. The number of nitrogens with one attached hydrogen (secondary N) is 1. The van der Waals surface area contributed by atoms with Crippen LogP contribution in [-0.2, 0) is 0 Å². The monoisotopic (exact) mass is 226 g/mol. The second-order valence-electron chi connectivity index (χ2n) is 6.15. The maximum Gasteiger partial charge on any atom is 0.0603 e. The van der Waals surface area contributed by atoms with Crippen LogP contribution in [0.15, 0.2) is 0 Å². The zero-order chi connectivity index (χ0) is 11.6. The largest absolute Gasteiger partial charge is 0.390 e. The molecule has 0 aromatic carbocycles. The number of hydrogen-bond acceptors (Lipinski definition) is 3. The Hall–Kier alpha value is -0.120. The highest BCUT2D eigenvalue weighted by Gasteiger charge is 2.33. The first-order valence-electron chi connectivity index (χ1n) is 6.72. The lowest BCUT2D eigenvalue weighted by atomic mass is 10.1. The van der Waals surface area contributed by atoms with Gasteiger partial charge in [-0.05, 0) is 65.1 Å². The van der Waals surface area contributed by atoms with Crippen LogP contribution in [0.25, 0.3) is 0 Å². The molecule has 1 aliphatic carbocycles. The first-order chi connectivity index (χ1) is 7.54. The lowest BCUT2D eigenvalue weighted by molar-refractivity contribution is 0.0709. The molecule has 16 heavy (non-hydrogen) atoms. The average molecular weight is 226 g/mol. The molecule has 2 aliphatic rings. The zero-order valence-corrected chi connectivity index (χ0v) is 10.7. The summed E-state index contributed by atoms with van der Waals surface area (Å²) in [5.74, 6) is 0.836. The Balaban J connectivity index is 1.54. The molecule has 3 heteroatoms. The number of likely N-dealkylation sites (tertiary alicyclic amines) is 1. The summed E-state index contributed by atoms with van der Waals surface area (Å²) >= 11 is 0. The van der Waals surface area contributed by atoms with Crippen molar-refractivity contribution in [3.8, 4) is 0 Å². The highest BCUT2D eigenvalue weighted by molar-refractivity contribution is 4.89. The Bertz CT molecular complexity index is 220. The number of aliphatic hydroxyl groups is 1. The molecule has 2 N–H and O–H groups in total. The lowest BCUT2D eigenvalue weighted by Gasteiger charge is -2.18. The smallest absolute Gasteiger partial charge is 0.0603 e. The van der Waals surface area contributed by atoms with Crippen LogP contribution in [0, 0.1) is 5.92 Å². The van der Waals surface area contributed by atoms with Crippen LogP contribution in [0.5, 0.6) is 0 Å². The number of nitrogens with zero attached hydrogens (tertiary/aromatic N) is 1. The summed E-state index contributed by atoms with van der Waals surface area (Å²) in [6, 6.07) is 0.932. The van der Waals surface area contributed by atoms with Gasteiger partial charge in [0.05, 0.1) is 5.60 Å². The van der Waals surface area contributed by atoms with Crippen molar-refractivity contribution < 1.29 is 5.11 Å². The van der Waals surface area contributed by atoms with Crippen molar-refractivity contribution in [2.24, 2.45) is 5.92 Å². The molecular weight excluding hydrogens is 200 g/mol. The highest BCUT2D eigenvalue weighted by atomic mass is 16.3. The lowest BCUT2D eigenvalue weighted by Crippen LogP contribution is -2.31. The van der Waals surface area contributed by atoms with Gasteiger partial charge in [0.2, 0.25) is 0 Å². The molecule has 0 spiro atoms. The first-order valence-corrected chi connectivity index (χ1v) is 6.72. The van der Waals surface area contributed by atoms with Crippen molar-refractivity contribution in [3.05, 3.63) is 0 Å². The van der Waals surface area contributed by atoms with Gasteiger partial charge in [0.15, 0.2) is 0 Å². The second-order valence-corrected chi connectivity index (χ2v) is 6.15. The van der Waals surface area contributed by atoms with E-state index in [-0.39, 0.29) is 0 Å². The highest BCUT2D eigenvalue weighted by Crippen LogP contribution is 2.31. The van der Waals surface area contributed by atoms with E-state index < -0.39 is 5.60 Å². The van der Waals surface area contributed by atoms with Crippen LogP contribution in [0.3, 0.4) is 0 Å².